The monoisotopic (exact) mass is 220 g/mol. The fourth-order valence-corrected chi connectivity index (χ4v) is 1.92. The van der Waals surface area contributed by atoms with E-state index in [1.54, 1.807) is 0 Å². The molecule has 90 valence electrons. The number of hydrazine groups is 1. The normalized spacial score (nSPS) is 10.4. The van der Waals surface area contributed by atoms with Crippen LogP contribution in [0, 0.1) is 6.92 Å². The number of hydrogen-bond acceptors (Lipinski definition) is 2. The van der Waals surface area contributed by atoms with Crippen LogP contribution in [0.25, 0.3) is 0 Å². The Hall–Kier alpha value is -1.02. The molecule has 0 spiro atoms. The average Bonchev–Trinajstić information content (AvgIpc) is 2.31. The van der Waals surface area contributed by atoms with Gasteiger partial charge in [0, 0.05) is 13.6 Å². The van der Waals surface area contributed by atoms with Crippen molar-refractivity contribution >= 4 is 5.69 Å². The molecule has 0 radical (unpaired) electrons. The summed E-state index contributed by atoms with van der Waals surface area (Å²) in [7, 11) is 1.99. The first-order valence-electron chi connectivity index (χ1n) is 6.30. The van der Waals surface area contributed by atoms with E-state index < -0.39 is 0 Å². The Kier molecular flexibility index (Phi) is 5.94. The second kappa shape index (κ2) is 7.29. The number of benzene rings is 1. The fourth-order valence-electron chi connectivity index (χ4n) is 1.92. The molecule has 0 aliphatic heterocycles. The summed E-state index contributed by atoms with van der Waals surface area (Å²) in [5, 5.41) is 2.24. The van der Waals surface area contributed by atoms with Gasteiger partial charge < -0.3 is 5.01 Å². The van der Waals surface area contributed by atoms with Crippen LogP contribution in [-0.4, -0.2) is 13.6 Å². The highest BCUT2D eigenvalue weighted by molar-refractivity contribution is 5.51. The van der Waals surface area contributed by atoms with Crippen molar-refractivity contribution in [1.82, 2.24) is 5.43 Å². The number of nitrogens with zero attached hydrogens (tertiary/aromatic N) is 1. The molecule has 2 nitrogen and oxygen atoms in total. The number of unbranched alkanes of at least 4 members (excludes halogenated alkanes) is 3. The zero-order valence-corrected chi connectivity index (χ0v) is 10.8. The first-order valence-corrected chi connectivity index (χ1v) is 6.30. The molecule has 0 aliphatic rings. The smallest absolute Gasteiger partial charge is 0.0548 e. The lowest BCUT2D eigenvalue weighted by Crippen LogP contribution is -2.36. The van der Waals surface area contributed by atoms with Crippen LogP contribution in [0.15, 0.2) is 24.3 Å². The predicted molar refractivity (Wildman–Crippen MR) is 71.7 cm³/mol. The maximum absolute atomic E-state index is 3.27. The van der Waals surface area contributed by atoms with Crippen molar-refractivity contribution < 1.29 is 0 Å². The summed E-state index contributed by atoms with van der Waals surface area (Å²) >= 11 is 0. The zero-order valence-electron chi connectivity index (χ0n) is 10.8. The van der Waals surface area contributed by atoms with E-state index in [9.17, 15) is 0 Å². The maximum atomic E-state index is 3.27. The molecule has 1 rings (SSSR count). The highest BCUT2D eigenvalue weighted by Crippen LogP contribution is 2.18. The average molecular weight is 220 g/mol. The van der Waals surface area contributed by atoms with Crippen LogP contribution in [0.1, 0.15) is 38.2 Å². The quantitative estimate of drug-likeness (QED) is 0.559. The van der Waals surface area contributed by atoms with Gasteiger partial charge in [-0.25, -0.2) is 5.43 Å². The molecule has 16 heavy (non-hydrogen) atoms. The Morgan fingerprint density at radius 3 is 2.50 bits per heavy atom. The molecule has 1 N–H and O–H groups in total. The van der Waals surface area contributed by atoms with E-state index in [4.69, 9.17) is 0 Å². The van der Waals surface area contributed by atoms with Gasteiger partial charge in [0.1, 0.15) is 0 Å². The molecular formula is C14H24N2. The van der Waals surface area contributed by atoms with E-state index in [1.165, 1.54) is 36.9 Å². The Bertz CT molecular complexity index is 297. The molecule has 0 saturated heterocycles. The summed E-state index contributed by atoms with van der Waals surface area (Å²) in [5.41, 5.74) is 5.89. The molecule has 0 atom stereocenters. The molecule has 1 aromatic carbocycles. The first kappa shape index (κ1) is 13.0. The van der Waals surface area contributed by atoms with E-state index in [0.29, 0.717) is 0 Å². The minimum Gasteiger partial charge on any atom is -0.308 e. The lowest BCUT2D eigenvalue weighted by Gasteiger charge is -2.25. The number of para-hydroxylation sites is 1. The molecular weight excluding hydrogens is 196 g/mol. The SMILES string of the molecule is CCCCCCN(NC)c1ccccc1C. The van der Waals surface area contributed by atoms with E-state index in [0.717, 1.165) is 6.54 Å². The standard InChI is InChI=1S/C14H24N2/c1-4-5-6-9-12-16(15-3)14-11-8-7-10-13(14)2/h7-8,10-11,15H,4-6,9,12H2,1-3H3. The third-order valence-corrected chi connectivity index (χ3v) is 2.91. The summed E-state index contributed by atoms with van der Waals surface area (Å²) in [6.45, 7) is 5.49. The molecule has 0 fully saturated rings. The molecule has 0 aromatic heterocycles. The first-order chi connectivity index (χ1) is 7.79. The highest BCUT2D eigenvalue weighted by Gasteiger charge is 2.05. The fraction of sp³-hybridized carbons (Fsp3) is 0.571. The van der Waals surface area contributed by atoms with E-state index in [2.05, 4.69) is 48.5 Å². The summed E-state index contributed by atoms with van der Waals surface area (Å²) in [6.07, 6.45) is 5.21. The Morgan fingerprint density at radius 2 is 1.88 bits per heavy atom. The van der Waals surface area contributed by atoms with Crippen molar-refractivity contribution in [2.75, 3.05) is 18.6 Å². The van der Waals surface area contributed by atoms with E-state index >= 15 is 0 Å². The largest absolute Gasteiger partial charge is 0.308 e. The summed E-state index contributed by atoms with van der Waals surface area (Å²) in [4.78, 5) is 0. The Labute approximate surface area is 99.6 Å². The summed E-state index contributed by atoms with van der Waals surface area (Å²) in [6, 6.07) is 8.51. The van der Waals surface area contributed by atoms with Crippen LogP contribution in [-0.2, 0) is 0 Å². The van der Waals surface area contributed by atoms with Crippen LogP contribution < -0.4 is 10.4 Å². The Morgan fingerprint density at radius 1 is 1.12 bits per heavy atom. The third-order valence-electron chi connectivity index (χ3n) is 2.91. The molecule has 0 heterocycles. The van der Waals surface area contributed by atoms with Crippen molar-refractivity contribution in [3.8, 4) is 0 Å². The van der Waals surface area contributed by atoms with Crippen molar-refractivity contribution in [2.45, 2.75) is 39.5 Å². The van der Waals surface area contributed by atoms with Crippen LogP contribution in [0.2, 0.25) is 0 Å². The number of anilines is 1. The lowest BCUT2D eigenvalue weighted by atomic mass is 10.1. The minimum atomic E-state index is 1.08. The number of nitrogens with one attached hydrogen (secondary N) is 1. The lowest BCUT2D eigenvalue weighted by molar-refractivity contribution is 0.612. The van der Waals surface area contributed by atoms with Crippen molar-refractivity contribution in [2.24, 2.45) is 0 Å². The van der Waals surface area contributed by atoms with Gasteiger partial charge in [-0.3, -0.25) is 0 Å². The molecule has 0 bridgehead atoms. The number of aryl methyl sites for hydroxylation is 1. The molecule has 0 aliphatic carbocycles. The van der Waals surface area contributed by atoms with Crippen LogP contribution in [0.3, 0.4) is 0 Å². The molecule has 0 unspecified atom stereocenters. The highest BCUT2D eigenvalue weighted by atomic mass is 15.5. The minimum absolute atomic E-state index is 1.08. The van der Waals surface area contributed by atoms with Crippen molar-refractivity contribution in [3.05, 3.63) is 29.8 Å². The zero-order chi connectivity index (χ0) is 11.8. The van der Waals surface area contributed by atoms with Crippen molar-refractivity contribution in [1.29, 1.82) is 0 Å². The second-order valence-electron chi connectivity index (χ2n) is 4.22. The van der Waals surface area contributed by atoms with Crippen LogP contribution in [0.4, 0.5) is 5.69 Å². The van der Waals surface area contributed by atoms with Gasteiger partial charge in [-0.15, -0.1) is 0 Å². The van der Waals surface area contributed by atoms with Gasteiger partial charge in [0.2, 0.25) is 0 Å². The van der Waals surface area contributed by atoms with Gasteiger partial charge >= 0.3 is 0 Å². The summed E-state index contributed by atoms with van der Waals surface area (Å²) in [5.74, 6) is 0. The van der Waals surface area contributed by atoms with Gasteiger partial charge in [-0.05, 0) is 25.0 Å². The Balaban J connectivity index is 2.51. The predicted octanol–water partition coefficient (Wildman–Crippen LogP) is 3.52. The van der Waals surface area contributed by atoms with Crippen LogP contribution in [0.5, 0.6) is 0 Å². The summed E-state index contributed by atoms with van der Waals surface area (Å²) < 4.78 is 0. The van der Waals surface area contributed by atoms with Gasteiger partial charge in [-0.1, -0.05) is 44.4 Å². The second-order valence-corrected chi connectivity index (χ2v) is 4.22. The number of hydrogen-bond donors (Lipinski definition) is 1. The molecule has 0 saturated carbocycles. The molecule has 1 aromatic rings. The van der Waals surface area contributed by atoms with Crippen molar-refractivity contribution in [3.63, 3.8) is 0 Å². The molecule has 0 amide bonds. The topological polar surface area (TPSA) is 15.3 Å². The number of rotatable bonds is 7. The van der Waals surface area contributed by atoms with Gasteiger partial charge in [-0.2, -0.15) is 0 Å². The van der Waals surface area contributed by atoms with Gasteiger partial charge in [0.15, 0.2) is 0 Å². The van der Waals surface area contributed by atoms with Gasteiger partial charge in [0.05, 0.1) is 5.69 Å². The van der Waals surface area contributed by atoms with E-state index in [1.807, 2.05) is 7.05 Å². The third kappa shape index (κ3) is 3.86. The van der Waals surface area contributed by atoms with Gasteiger partial charge in [0.25, 0.3) is 0 Å². The molecule has 2 heteroatoms. The van der Waals surface area contributed by atoms with E-state index in [-0.39, 0.29) is 0 Å². The maximum Gasteiger partial charge on any atom is 0.0548 e. The van der Waals surface area contributed by atoms with Crippen LogP contribution >= 0.6 is 0 Å².